The summed E-state index contributed by atoms with van der Waals surface area (Å²) in [5.41, 5.74) is -0.179. The van der Waals surface area contributed by atoms with Crippen LogP contribution >= 0.6 is 0 Å². The summed E-state index contributed by atoms with van der Waals surface area (Å²) in [5.74, 6) is -0.297. The molecule has 3 rings (SSSR count). The van der Waals surface area contributed by atoms with Crippen molar-refractivity contribution < 1.29 is 9.90 Å². The van der Waals surface area contributed by atoms with Crippen LogP contribution in [-0.2, 0) is 11.3 Å². The van der Waals surface area contributed by atoms with Gasteiger partial charge in [0, 0.05) is 25.0 Å². The fourth-order valence-corrected chi connectivity index (χ4v) is 3.81. The summed E-state index contributed by atoms with van der Waals surface area (Å²) in [4.78, 5) is 27.7. The van der Waals surface area contributed by atoms with Gasteiger partial charge >= 0.3 is 5.97 Å². The van der Waals surface area contributed by atoms with E-state index in [2.05, 4.69) is 10.3 Å². The van der Waals surface area contributed by atoms with Gasteiger partial charge in [-0.15, -0.1) is 0 Å². The van der Waals surface area contributed by atoms with E-state index < -0.39 is 11.9 Å². The molecule has 0 aliphatic heterocycles. The van der Waals surface area contributed by atoms with Crippen molar-refractivity contribution in [3.05, 3.63) is 22.7 Å². The molecular weight excluding hydrogens is 258 g/mol. The van der Waals surface area contributed by atoms with Crippen LogP contribution in [0.2, 0.25) is 0 Å². The molecule has 2 saturated carbocycles. The summed E-state index contributed by atoms with van der Waals surface area (Å²) in [6, 6.07) is -0.167. The van der Waals surface area contributed by atoms with E-state index in [1.165, 1.54) is 0 Å². The molecule has 2 aliphatic rings. The van der Waals surface area contributed by atoms with Crippen LogP contribution in [0.5, 0.6) is 0 Å². The zero-order valence-electron chi connectivity index (χ0n) is 11.5. The third kappa shape index (κ3) is 1.99. The minimum atomic E-state index is -0.763. The number of carboxylic acids is 1. The highest BCUT2D eigenvalue weighted by Crippen LogP contribution is 2.49. The highest BCUT2D eigenvalue weighted by Gasteiger charge is 2.51. The standard InChI is InChI=1S/C14H19N3O3/c1-2-17-6-5-15-12(13(17)18)16-11-9-4-3-8(7-9)10(11)14(19)20/h5-6,8-11H,2-4,7H2,1H3,(H,15,16)(H,19,20). The minimum Gasteiger partial charge on any atom is -0.481 e. The Labute approximate surface area is 116 Å². The van der Waals surface area contributed by atoms with Crippen molar-refractivity contribution in [3.63, 3.8) is 0 Å². The predicted octanol–water partition coefficient (Wildman–Crippen LogP) is 1.17. The molecule has 0 aromatic carbocycles. The van der Waals surface area contributed by atoms with Crippen molar-refractivity contribution in [2.75, 3.05) is 5.32 Å². The molecule has 108 valence electrons. The molecule has 2 bridgehead atoms. The number of rotatable bonds is 4. The van der Waals surface area contributed by atoms with E-state index in [0.717, 1.165) is 19.3 Å². The molecule has 6 heteroatoms. The van der Waals surface area contributed by atoms with Crippen molar-refractivity contribution in [1.82, 2.24) is 9.55 Å². The minimum absolute atomic E-state index is 0.167. The molecule has 0 amide bonds. The zero-order chi connectivity index (χ0) is 14.3. The fraction of sp³-hybridized carbons (Fsp3) is 0.643. The van der Waals surface area contributed by atoms with E-state index >= 15 is 0 Å². The fourth-order valence-electron chi connectivity index (χ4n) is 3.81. The first-order valence-electron chi connectivity index (χ1n) is 7.16. The van der Waals surface area contributed by atoms with Crippen LogP contribution in [0.15, 0.2) is 17.2 Å². The first kappa shape index (κ1) is 13.1. The van der Waals surface area contributed by atoms with Crippen molar-refractivity contribution in [2.24, 2.45) is 17.8 Å². The maximum absolute atomic E-state index is 12.2. The molecule has 4 atom stereocenters. The van der Waals surface area contributed by atoms with E-state index in [1.54, 1.807) is 17.0 Å². The molecule has 2 fully saturated rings. The maximum Gasteiger partial charge on any atom is 0.308 e. The molecule has 0 radical (unpaired) electrons. The number of nitrogens with zero attached hydrogens (tertiary/aromatic N) is 2. The smallest absolute Gasteiger partial charge is 0.308 e. The van der Waals surface area contributed by atoms with Gasteiger partial charge < -0.3 is 15.0 Å². The predicted molar refractivity (Wildman–Crippen MR) is 73.5 cm³/mol. The van der Waals surface area contributed by atoms with Gasteiger partial charge in [0.15, 0.2) is 5.82 Å². The second-order valence-electron chi connectivity index (χ2n) is 5.73. The molecule has 2 aliphatic carbocycles. The summed E-state index contributed by atoms with van der Waals surface area (Å²) in [7, 11) is 0. The average Bonchev–Trinajstić information content (AvgIpc) is 3.01. The Morgan fingerprint density at radius 3 is 2.95 bits per heavy atom. The third-order valence-corrected chi connectivity index (χ3v) is 4.76. The number of aryl methyl sites for hydroxylation is 1. The molecule has 6 nitrogen and oxygen atoms in total. The first-order valence-corrected chi connectivity index (χ1v) is 7.16. The topological polar surface area (TPSA) is 84.2 Å². The lowest BCUT2D eigenvalue weighted by Gasteiger charge is -2.29. The quantitative estimate of drug-likeness (QED) is 0.863. The van der Waals surface area contributed by atoms with Gasteiger partial charge in [0.2, 0.25) is 0 Å². The van der Waals surface area contributed by atoms with Crippen LogP contribution in [0.25, 0.3) is 0 Å². The van der Waals surface area contributed by atoms with Crippen molar-refractivity contribution >= 4 is 11.8 Å². The Hall–Kier alpha value is -1.85. The van der Waals surface area contributed by atoms with Gasteiger partial charge in [0.25, 0.3) is 5.56 Å². The Balaban J connectivity index is 1.87. The number of fused-ring (bicyclic) bond motifs is 2. The number of aliphatic carboxylic acids is 1. The Bertz CT molecular complexity index is 583. The summed E-state index contributed by atoms with van der Waals surface area (Å²) >= 11 is 0. The summed E-state index contributed by atoms with van der Waals surface area (Å²) in [5, 5.41) is 12.5. The van der Waals surface area contributed by atoms with Gasteiger partial charge in [0.05, 0.1) is 5.92 Å². The average molecular weight is 277 g/mol. The van der Waals surface area contributed by atoms with Crippen LogP contribution in [0.3, 0.4) is 0 Å². The molecule has 20 heavy (non-hydrogen) atoms. The van der Waals surface area contributed by atoms with E-state index in [4.69, 9.17) is 0 Å². The lowest BCUT2D eigenvalue weighted by molar-refractivity contribution is -0.143. The van der Waals surface area contributed by atoms with Crippen molar-refractivity contribution in [3.8, 4) is 0 Å². The second kappa shape index (κ2) is 4.92. The van der Waals surface area contributed by atoms with E-state index in [-0.39, 0.29) is 23.3 Å². The lowest BCUT2D eigenvalue weighted by atomic mass is 9.84. The van der Waals surface area contributed by atoms with Crippen LogP contribution in [-0.4, -0.2) is 26.7 Å². The van der Waals surface area contributed by atoms with Crippen LogP contribution in [0.1, 0.15) is 26.2 Å². The highest BCUT2D eigenvalue weighted by atomic mass is 16.4. The molecule has 1 aromatic rings. The largest absolute Gasteiger partial charge is 0.481 e. The number of carbonyl (C=O) groups is 1. The molecule has 2 N–H and O–H groups in total. The second-order valence-corrected chi connectivity index (χ2v) is 5.73. The van der Waals surface area contributed by atoms with Crippen LogP contribution < -0.4 is 10.9 Å². The number of aromatic nitrogens is 2. The Morgan fingerprint density at radius 1 is 1.50 bits per heavy atom. The van der Waals surface area contributed by atoms with Gasteiger partial charge in [-0.3, -0.25) is 9.59 Å². The maximum atomic E-state index is 12.2. The SMILES string of the molecule is CCn1ccnc(NC2C3CCC(C3)C2C(=O)O)c1=O. The number of nitrogens with one attached hydrogen (secondary N) is 1. The molecule has 4 unspecified atom stereocenters. The van der Waals surface area contributed by atoms with Gasteiger partial charge in [-0.25, -0.2) is 4.98 Å². The summed E-state index contributed by atoms with van der Waals surface area (Å²) in [6.07, 6.45) is 6.20. The van der Waals surface area contributed by atoms with E-state index in [1.807, 2.05) is 6.92 Å². The molecule has 0 spiro atoms. The van der Waals surface area contributed by atoms with Crippen LogP contribution in [0, 0.1) is 17.8 Å². The van der Waals surface area contributed by atoms with Crippen molar-refractivity contribution in [2.45, 2.75) is 38.8 Å². The Kier molecular flexibility index (Phi) is 3.23. The first-order chi connectivity index (χ1) is 9.61. The number of carboxylic acid groups (broad SMARTS) is 1. The van der Waals surface area contributed by atoms with Crippen molar-refractivity contribution in [1.29, 1.82) is 0 Å². The molecular formula is C14H19N3O3. The lowest BCUT2D eigenvalue weighted by Crippen LogP contribution is -2.41. The third-order valence-electron chi connectivity index (χ3n) is 4.76. The number of anilines is 1. The van der Waals surface area contributed by atoms with Gasteiger partial charge in [-0.2, -0.15) is 0 Å². The zero-order valence-corrected chi connectivity index (χ0v) is 11.5. The molecule has 1 aromatic heterocycles. The monoisotopic (exact) mass is 277 g/mol. The van der Waals surface area contributed by atoms with Crippen LogP contribution in [0.4, 0.5) is 5.82 Å². The van der Waals surface area contributed by atoms with Gasteiger partial charge in [0.1, 0.15) is 0 Å². The van der Waals surface area contributed by atoms with Gasteiger partial charge in [-0.1, -0.05) is 0 Å². The highest BCUT2D eigenvalue weighted by molar-refractivity contribution is 5.73. The number of hydrogen-bond acceptors (Lipinski definition) is 4. The molecule has 0 saturated heterocycles. The summed E-state index contributed by atoms with van der Waals surface area (Å²) < 4.78 is 1.57. The Morgan fingerprint density at radius 2 is 2.25 bits per heavy atom. The molecule has 1 heterocycles. The van der Waals surface area contributed by atoms with Gasteiger partial charge in [-0.05, 0) is 38.0 Å². The number of hydrogen-bond donors (Lipinski definition) is 2. The van der Waals surface area contributed by atoms with E-state index in [0.29, 0.717) is 12.5 Å². The normalized spacial score (nSPS) is 31.4. The van der Waals surface area contributed by atoms with E-state index in [9.17, 15) is 14.7 Å². The summed E-state index contributed by atoms with van der Waals surface area (Å²) in [6.45, 7) is 2.47.